The Bertz CT molecular complexity index is 3350. The minimum atomic E-state index is -0.186. The molecule has 12 rings (SSSR count). The quantitative estimate of drug-likeness (QED) is 0.146. The zero-order chi connectivity index (χ0) is 49.2. The normalized spacial score (nSPS) is 17.1. The van der Waals surface area contributed by atoms with Crippen LogP contribution in [-0.2, 0) is 20.3 Å². The van der Waals surface area contributed by atoms with Crippen LogP contribution in [0, 0.1) is 27.7 Å². The van der Waals surface area contributed by atoms with Crippen LogP contribution in [0.2, 0.25) is 5.15 Å². The monoisotopic (exact) mass is 966 g/mol. The molecule has 0 radical (unpaired) electrons. The molecule has 0 saturated carbocycles. The van der Waals surface area contributed by atoms with Crippen molar-refractivity contribution in [2.24, 2.45) is 0 Å². The lowest BCUT2D eigenvalue weighted by atomic mass is 9.91. The summed E-state index contributed by atoms with van der Waals surface area (Å²) in [6, 6.07) is 20.9. The number of morpholine rings is 2. The molecule has 4 aliphatic heterocycles. The minimum Gasteiger partial charge on any atom is -0.378 e. The Kier molecular flexibility index (Phi) is 12.0. The lowest BCUT2D eigenvalue weighted by Gasteiger charge is -2.30. The molecule has 0 N–H and O–H groups in total. The lowest BCUT2D eigenvalue weighted by Crippen LogP contribution is -2.36. The maximum Gasteiger partial charge on any atom is 0.161 e. The highest BCUT2D eigenvalue weighted by Gasteiger charge is 2.42. The van der Waals surface area contributed by atoms with Crippen LogP contribution in [0.4, 0.5) is 34.1 Å². The average Bonchev–Trinajstić information content (AvgIpc) is 3.79. The van der Waals surface area contributed by atoms with Gasteiger partial charge >= 0.3 is 0 Å². The first-order chi connectivity index (χ1) is 34.3. The topological polar surface area (TPSA) is 135 Å². The van der Waals surface area contributed by atoms with E-state index in [1.54, 1.807) is 6.20 Å². The number of aromatic nitrogens is 8. The van der Waals surface area contributed by atoms with Crippen molar-refractivity contribution in [3.63, 3.8) is 0 Å². The summed E-state index contributed by atoms with van der Waals surface area (Å²) in [5.41, 5.74) is 17.8. The van der Waals surface area contributed by atoms with Crippen molar-refractivity contribution in [3.8, 4) is 22.8 Å². The molecule has 4 aliphatic rings. The predicted octanol–water partition coefficient (Wildman–Crippen LogP) is 10.6. The van der Waals surface area contributed by atoms with Crippen LogP contribution in [0.25, 0.3) is 44.8 Å². The first kappa shape index (κ1) is 46.5. The molecule has 0 atom stereocenters. The minimum absolute atomic E-state index is 0.0924. The molecule has 0 spiro atoms. The number of nitrogens with zero attached hydrogens (tertiary/aromatic N) is 12. The molecule has 0 aliphatic carbocycles. The Hall–Kier alpha value is -6.87. The molecule has 8 aromatic rings. The summed E-state index contributed by atoms with van der Waals surface area (Å²) in [4.78, 5) is 47.9. The number of rotatable bonds is 6. The SMILES string of the molecule is Cc1ccnc(-c2nc3ncccc3c(N3CC(C)(C)c4nc(Cl)c(N5CCOCC5)cc43)c2C)c1.Cc1ccnc(-c2nc3ncccc3c(N3CC(C)(C)c4ncc(N5CCOCC5)cc43)c2C)c1. The van der Waals surface area contributed by atoms with E-state index in [1.165, 1.54) is 0 Å². The number of pyridine rings is 8. The van der Waals surface area contributed by atoms with Gasteiger partial charge in [-0.15, -0.1) is 0 Å². The summed E-state index contributed by atoms with van der Waals surface area (Å²) in [5.74, 6) is 0. The summed E-state index contributed by atoms with van der Waals surface area (Å²) in [5, 5.41) is 2.60. The highest BCUT2D eigenvalue weighted by Crippen LogP contribution is 2.51. The standard InChI is InChI=1S/C28H29ClN6O.C28H30N6O/c1-17-7-9-30-20(14-17)23-18(2)24(19-6-5-8-31-27(19)32-23)35-16-28(3,4)25-21(35)15-22(26(29)33-25)34-10-12-36-13-11-34;1-18-7-9-29-22(14-18)24-19(2)25(21-6-5-8-30-27(21)32-24)34-17-28(3,4)26-23(34)15-20(16-31-26)33-10-12-35-13-11-33/h5-9,14-15H,10-13,16H2,1-4H3;5-9,14-16H,10-13,17H2,1-4H3. The van der Waals surface area contributed by atoms with E-state index in [0.717, 1.165) is 159 Å². The number of anilines is 6. The molecule has 71 heavy (non-hydrogen) atoms. The Labute approximate surface area is 420 Å². The Morgan fingerprint density at radius 2 is 1.01 bits per heavy atom. The van der Waals surface area contributed by atoms with Crippen LogP contribution in [0.15, 0.2) is 91.6 Å². The molecule has 2 saturated heterocycles. The number of aryl methyl sites for hydroxylation is 2. The summed E-state index contributed by atoms with van der Waals surface area (Å²) < 4.78 is 11.1. The maximum atomic E-state index is 6.77. The van der Waals surface area contributed by atoms with Crippen LogP contribution in [0.1, 0.15) is 61.3 Å². The van der Waals surface area contributed by atoms with Crippen LogP contribution >= 0.6 is 11.6 Å². The lowest BCUT2D eigenvalue weighted by molar-refractivity contribution is 0.122. The highest BCUT2D eigenvalue weighted by molar-refractivity contribution is 6.32. The molecule has 0 aromatic carbocycles. The van der Waals surface area contributed by atoms with Gasteiger partial charge in [0.05, 0.1) is 101 Å². The Balaban J connectivity index is 0.000000154. The summed E-state index contributed by atoms with van der Waals surface area (Å²) in [7, 11) is 0. The van der Waals surface area contributed by atoms with E-state index in [4.69, 9.17) is 41.0 Å². The zero-order valence-electron chi connectivity index (χ0n) is 41.8. The van der Waals surface area contributed by atoms with Gasteiger partial charge in [0, 0.05) is 96.8 Å². The predicted molar refractivity (Wildman–Crippen MR) is 284 cm³/mol. The van der Waals surface area contributed by atoms with Crippen LogP contribution in [0.5, 0.6) is 0 Å². The largest absolute Gasteiger partial charge is 0.378 e. The molecule has 0 unspecified atom stereocenters. The van der Waals surface area contributed by atoms with Crippen molar-refractivity contribution in [2.45, 2.75) is 66.2 Å². The summed E-state index contributed by atoms with van der Waals surface area (Å²) in [6.45, 7) is 25.3. The van der Waals surface area contributed by atoms with Gasteiger partial charge in [0.25, 0.3) is 0 Å². The maximum absolute atomic E-state index is 6.77. The fourth-order valence-corrected chi connectivity index (χ4v) is 11.0. The summed E-state index contributed by atoms with van der Waals surface area (Å²) in [6.07, 6.45) is 9.31. The van der Waals surface area contributed by atoms with Crippen molar-refractivity contribution in [1.29, 1.82) is 0 Å². The molecule has 8 aromatic heterocycles. The van der Waals surface area contributed by atoms with Gasteiger partial charge in [-0.3, -0.25) is 15.0 Å². The van der Waals surface area contributed by atoms with Crippen LogP contribution in [-0.4, -0.2) is 106 Å². The number of ether oxygens (including phenoxy) is 2. The molecule has 15 heteroatoms. The number of halogens is 1. The van der Waals surface area contributed by atoms with Crippen LogP contribution in [0.3, 0.4) is 0 Å². The van der Waals surface area contributed by atoms with Crippen molar-refractivity contribution in [3.05, 3.63) is 130 Å². The van der Waals surface area contributed by atoms with Gasteiger partial charge in [0.1, 0.15) is 0 Å². The Morgan fingerprint density at radius 1 is 0.521 bits per heavy atom. The van der Waals surface area contributed by atoms with Gasteiger partial charge in [-0.1, -0.05) is 39.3 Å². The second-order valence-electron chi connectivity index (χ2n) is 20.4. The zero-order valence-corrected chi connectivity index (χ0v) is 42.5. The van der Waals surface area contributed by atoms with Crippen molar-refractivity contribution >= 4 is 67.8 Å². The second-order valence-corrected chi connectivity index (χ2v) is 20.8. The van der Waals surface area contributed by atoms with E-state index in [-0.39, 0.29) is 10.8 Å². The van der Waals surface area contributed by atoms with Gasteiger partial charge in [0.2, 0.25) is 0 Å². The van der Waals surface area contributed by atoms with Gasteiger partial charge < -0.3 is 29.1 Å². The summed E-state index contributed by atoms with van der Waals surface area (Å²) >= 11 is 6.77. The first-order valence-corrected chi connectivity index (χ1v) is 24.9. The number of fused-ring (bicyclic) bond motifs is 4. The van der Waals surface area contributed by atoms with E-state index >= 15 is 0 Å². The third kappa shape index (κ3) is 8.55. The molecular weight excluding hydrogens is 908 g/mol. The Morgan fingerprint density at radius 3 is 1.54 bits per heavy atom. The van der Waals surface area contributed by atoms with E-state index in [2.05, 4.69) is 131 Å². The fraction of sp³-hybridized carbons (Fsp3) is 0.357. The molecule has 2 fully saturated rings. The first-order valence-electron chi connectivity index (χ1n) is 24.5. The van der Waals surface area contributed by atoms with Crippen molar-refractivity contribution in [1.82, 2.24) is 39.9 Å². The van der Waals surface area contributed by atoms with Gasteiger partial charge in [0.15, 0.2) is 16.4 Å². The van der Waals surface area contributed by atoms with Crippen molar-refractivity contribution in [2.75, 3.05) is 85.3 Å². The van der Waals surface area contributed by atoms with Gasteiger partial charge in [-0.25, -0.2) is 24.9 Å². The van der Waals surface area contributed by atoms with Crippen LogP contribution < -0.4 is 19.6 Å². The highest BCUT2D eigenvalue weighted by atomic mass is 35.5. The average molecular weight is 968 g/mol. The van der Waals surface area contributed by atoms with E-state index in [0.29, 0.717) is 24.0 Å². The second kappa shape index (κ2) is 18.4. The van der Waals surface area contributed by atoms with Gasteiger partial charge in [-0.2, -0.15) is 0 Å². The number of hydrogen-bond acceptors (Lipinski definition) is 14. The molecule has 0 amide bonds. The third-order valence-electron chi connectivity index (χ3n) is 14.3. The number of hydrogen-bond donors (Lipinski definition) is 0. The third-order valence-corrected chi connectivity index (χ3v) is 14.6. The smallest absolute Gasteiger partial charge is 0.161 e. The molecule has 0 bridgehead atoms. The fourth-order valence-electron chi connectivity index (χ4n) is 10.7. The van der Waals surface area contributed by atoms with E-state index in [1.807, 2.05) is 49.1 Å². The molecule has 362 valence electrons. The van der Waals surface area contributed by atoms with Gasteiger partial charge in [-0.05, 0) is 99.5 Å². The van der Waals surface area contributed by atoms with E-state index in [9.17, 15) is 0 Å². The van der Waals surface area contributed by atoms with E-state index < -0.39 is 0 Å². The molecule has 14 nitrogen and oxygen atoms in total. The molecular formula is C56H59ClN12O2. The van der Waals surface area contributed by atoms with Crippen molar-refractivity contribution < 1.29 is 9.47 Å². The molecule has 12 heterocycles.